The summed E-state index contributed by atoms with van der Waals surface area (Å²) >= 11 is 0. The van der Waals surface area contributed by atoms with Crippen molar-refractivity contribution in [3.8, 4) is 0 Å². The van der Waals surface area contributed by atoms with Gasteiger partial charge in [-0.2, -0.15) is 0 Å². The van der Waals surface area contributed by atoms with Crippen LogP contribution < -0.4 is 0 Å². The monoisotopic (exact) mass is 361 g/mol. The fourth-order valence-corrected chi connectivity index (χ4v) is 4.94. The second kappa shape index (κ2) is 6.53. The molecule has 1 aromatic carbocycles. The zero-order valence-corrected chi connectivity index (χ0v) is 15.2. The highest BCUT2D eigenvalue weighted by Crippen LogP contribution is 2.40. The minimum absolute atomic E-state index is 0.0612. The number of rotatable bonds is 5. The molecule has 1 aliphatic heterocycles. The Morgan fingerprint density at radius 2 is 1.72 bits per heavy atom. The number of aryl methyl sites for hydroxylation is 1. The minimum Gasteiger partial charge on any atom is -0.425 e. The molecule has 1 aliphatic carbocycles. The molecule has 0 spiro atoms. The maximum atomic E-state index is 12.7. The van der Waals surface area contributed by atoms with E-state index in [1.54, 1.807) is 4.31 Å². The first-order valence-corrected chi connectivity index (χ1v) is 10.5. The maximum absolute atomic E-state index is 12.7. The molecule has 0 amide bonds. The van der Waals surface area contributed by atoms with Crippen molar-refractivity contribution < 1.29 is 12.8 Å². The molecule has 0 bridgehead atoms. The van der Waals surface area contributed by atoms with Gasteiger partial charge in [0, 0.05) is 24.9 Å². The van der Waals surface area contributed by atoms with Crippen LogP contribution in [0.3, 0.4) is 0 Å². The standard InChI is InChI=1S/C18H23N3O3S/c1-13-3-2-4-14(11-13)12-25(22,23)21-9-7-16(8-10-21)18-20-19-17(24-18)15-5-6-15/h2-4,11,15-16H,5-10,12H2,1H3. The van der Waals surface area contributed by atoms with Crippen LogP contribution >= 0.6 is 0 Å². The first-order chi connectivity index (χ1) is 12.0. The predicted molar refractivity (Wildman–Crippen MR) is 93.6 cm³/mol. The number of aromatic nitrogens is 2. The molecule has 7 heteroatoms. The van der Waals surface area contributed by atoms with Gasteiger partial charge in [-0.1, -0.05) is 29.8 Å². The summed E-state index contributed by atoms with van der Waals surface area (Å²) in [7, 11) is -3.29. The largest absolute Gasteiger partial charge is 0.425 e. The van der Waals surface area contributed by atoms with E-state index in [-0.39, 0.29) is 11.7 Å². The molecule has 134 valence electrons. The molecule has 25 heavy (non-hydrogen) atoms. The number of nitrogens with zero attached hydrogens (tertiary/aromatic N) is 3. The zero-order chi connectivity index (χ0) is 17.4. The Bertz CT molecular complexity index is 850. The van der Waals surface area contributed by atoms with Gasteiger partial charge >= 0.3 is 0 Å². The Balaban J connectivity index is 1.38. The molecule has 1 aromatic heterocycles. The van der Waals surface area contributed by atoms with Crippen LogP contribution in [0.25, 0.3) is 0 Å². The molecule has 6 nitrogen and oxygen atoms in total. The van der Waals surface area contributed by atoms with Crippen molar-refractivity contribution in [2.75, 3.05) is 13.1 Å². The average Bonchev–Trinajstić information content (AvgIpc) is 3.32. The maximum Gasteiger partial charge on any atom is 0.219 e. The van der Waals surface area contributed by atoms with E-state index in [2.05, 4.69) is 10.2 Å². The minimum atomic E-state index is -3.29. The van der Waals surface area contributed by atoms with Crippen molar-refractivity contribution >= 4 is 10.0 Å². The van der Waals surface area contributed by atoms with Crippen molar-refractivity contribution in [2.45, 2.75) is 50.2 Å². The second-order valence-electron chi connectivity index (χ2n) is 7.17. The van der Waals surface area contributed by atoms with E-state index in [0.717, 1.165) is 42.7 Å². The quantitative estimate of drug-likeness (QED) is 0.818. The van der Waals surface area contributed by atoms with Crippen LogP contribution in [-0.4, -0.2) is 36.0 Å². The van der Waals surface area contributed by atoms with Crippen molar-refractivity contribution in [1.82, 2.24) is 14.5 Å². The Labute approximate surface area is 148 Å². The molecular formula is C18H23N3O3S. The van der Waals surface area contributed by atoms with Crippen LogP contribution in [0.2, 0.25) is 0 Å². The van der Waals surface area contributed by atoms with Crippen LogP contribution in [0.1, 0.15) is 60.4 Å². The molecule has 4 rings (SSSR count). The molecule has 2 aromatic rings. The average molecular weight is 361 g/mol. The third-order valence-corrected chi connectivity index (χ3v) is 6.86. The first kappa shape index (κ1) is 16.7. The summed E-state index contributed by atoms with van der Waals surface area (Å²) in [5.74, 6) is 2.12. The molecule has 2 fully saturated rings. The molecule has 0 radical (unpaired) electrons. The molecule has 1 saturated carbocycles. The predicted octanol–water partition coefficient (Wildman–Crippen LogP) is 2.96. The Morgan fingerprint density at radius 1 is 1.08 bits per heavy atom. The summed E-state index contributed by atoms with van der Waals surface area (Å²) in [6.45, 7) is 3.00. The van der Waals surface area contributed by atoms with Gasteiger partial charge in [0.25, 0.3) is 0 Å². The lowest BCUT2D eigenvalue weighted by molar-refractivity contribution is 0.286. The van der Waals surface area contributed by atoms with Gasteiger partial charge in [-0.3, -0.25) is 0 Å². The lowest BCUT2D eigenvalue weighted by Gasteiger charge is -2.29. The van der Waals surface area contributed by atoms with Crippen molar-refractivity contribution in [1.29, 1.82) is 0 Å². The Hall–Kier alpha value is -1.73. The molecule has 0 atom stereocenters. The van der Waals surface area contributed by atoms with E-state index in [9.17, 15) is 8.42 Å². The van der Waals surface area contributed by atoms with Crippen molar-refractivity contribution in [2.24, 2.45) is 0 Å². The highest BCUT2D eigenvalue weighted by molar-refractivity contribution is 7.88. The number of piperidine rings is 1. The molecule has 0 N–H and O–H groups in total. The third kappa shape index (κ3) is 3.77. The number of sulfonamides is 1. The van der Waals surface area contributed by atoms with Gasteiger partial charge in [-0.25, -0.2) is 12.7 Å². The summed E-state index contributed by atoms with van der Waals surface area (Å²) in [5, 5.41) is 8.32. The molecule has 2 heterocycles. The van der Waals surface area contributed by atoms with Crippen LogP contribution in [0, 0.1) is 6.92 Å². The van der Waals surface area contributed by atoms with E-state index in [4.69, 9.17) is 4.42 Å². The van der Waals surface area contributed by atoms with Gasteiger partial charge in [0.1, 0.15) is 0 Å². The second-order valence-corrected chi connectivity index (χ2v) is 9.14. The van der Waals surface area contributed by atoms with Gasteiger partial charge in [-0.15, -0.1) is 10.2 Å². The van der Waals surface area contributed by atoms with Gasteiger partial charge in [0.2, 0.25) is 21.8 Å². The van der Waals surface area contributed by atoms with Crippen LogP contribution in [0.5, 0.6) is 0 Å². The first-order valence-electron chi connectivity index (χ1n) is 8.88. The zero-order valence-electron chi connectivity index (χ0n) is 14.4. The van der Waals surface area contributed by atoms with Crippen LogP contribution in [0.15, 0.2) is 28.7 Å². The Kier molecular flexibility index (Phi) is 4.37. The van der Waals surface area contributed by atoms with Gasteiger partial charge in [0.05, 0.1) is 5.75 Å². The fourth-order valence-electron chi connectivity index (χ4n) is 3.39. The molecular weight excluding hydrogens is 338 g/mol. The number of benzene rings is 1. The molecule has 1 saturated heterocycles. The summed E-state index contributed by atoms with van der Waals surface area (Å²) in [6.07, 6.45) is 3.74. The highest BCUT2D eigenvalue weighted by Gasteiger charge is 2.33. The fraction of sp³-hybridized carbons (Fsp3) is 0.556. The molecule has 2 aliphatic rings. The smallest absolute Gasteiger partial charge is 0.219 e. The summed E-state index contributed by atoms with van der Waals surface area (Å²) in [5.41, 5.74) is 1.92. The van der Waals surface area contributed by atoms with Gasteiger partial charge in [-0.05, 0) is 38.2 Å². The number of hydrogen-bond donors (Lipinski definition) is 0. The third-order valence-electron chi connectivity index (χ3n) is 5.01. The SMILES string of the molecule is Cc1cccc(CS(=O)(=O)N2CCC(c3nnc(C4CC4)o3)CC2)c1. The van der Waals surface area contributed by atoms with E-state index in [1.165, 1.54) is 0 Å². The lowest BCUT2D eigenvalue weighted by Crippen LogP contribution is -2.38. The van der Waals surface area contributed by atoms with E-state index in [1.807, 2.05) is 31.2 Å². The van der Waals surface area contributed by atoms with Crippen molar-refractivity contribution in [3.63, 3.8) is 0 Å². The van der Waals surface area contributed by atoms with Crippen LogP contribution in [-0.2, 0) is 15.8 Å². The van der Waals surface area contributed by atoms with Gasteiger partial charge < -0.3 is 4.42 Å². The summed E-state index contributed by atoms with van der Waals surface area (Å²) in [6, 6.07) is 7.68. The highest BCUT2D eigenvalue weighted by atomic mass is 32.2. The summed E-state index contributed by atoms with van der Waals surface area (Å²) < 4.78 is 32.8. The normalized spacial score (nSPS) is 20.0. The Morgan fingerprint density at radius 3 is 2.32 bits per heavy atom. The van der Waals surface area contributed by atoms with E-state index >= 15 is 0 Å². The topological polar surface area (TPSA) is 76.3 Å². The number of hydrogen-bond acceptors (Lipinski definition) is 5. The van der Waals surface area contributed by atoms with Gasteiger partial charge in [0.15, 0.2) is 0 Å². The van der Waals surface area contributed by atoms with E-state index < -0.39 is 10.0 Å². The van der Waals surface area contributed by atoms with Crippen LogP contribution in [0.4, 0.5) is 0 Å². The van der Waals surface area contributed by atoms with E-state index in [0.29, 0.717) is 24.9 Å². The lowest BCUT2D eigenvalue weighted by atomic mass is 9.98. The van der Waals surface area contributed by atoms with Crippen molar-refractivity contribution in [3.05, 3.63) is 47.2 Å². The molecule has 0 unspecified atom stereocenters. The summed E-state index contributed by atoms with van der Waals surface area (Å²) in [4.78, 5) is 0.